The van der Waals surface area contributed by atoms with Crippen molar-refractivity contribution >= 4 is 27.6 Å². The first-order chi connectivity index (χ1) is 7.10. The molecule has 0 aliphatic rings. The Balaban J connectivity index is 3.08. The summed E-state index contributed by atoms with van der Waals surface area (Å²) in [6.07, 6.45) is 0. The van der Waals surface area contributed by atoms with Gasteiger partial charge in [0.05, 0.1) is 29.4 Å². The summed E-state index contributed by atoms with van der Waals surface area (Å²) in [5, 5.41) is 0. The number of hydrogen-bond donors (Lipinski definition) is 1. The van der Waals surface area contributed by atoms with Gasteiger partial charge >= 0.3 is 5.97 Å². The number of methoxy groups -OCH3 is 1. The molecule has 0 radical (unpaired) electrons. The first kappa shape index (κ1) is 11.8. The number of hydrogen-bond acceptors (Lipinski definition) is 4. The van der Waals surface area contributed by atoms with Gasteiger partial charge in [0.1, 0.15) is 0 Å². The third-order valence-corrected chi connectivity index (χ3v) is 2.38. The quantitative estimate of drug-likeness (QED) is 0.678. The molecule has 0 aliphatic carbocycles. The monoisotopic (exact) mass is 273 g/mol. The molecule has 15 heavy (non-hydrogen) atoms. The number of nitrogens with two attached hydrogens (primary N) is 1. The van der Waals surface area contributed by atoms with Crippen molar-refractivity contribution in [2.24, 2.45) is 0 Å². The first-order valence-electron chi connectivity index (χ1n) is 4.40. The maximum atomic E-state index is 11.4. The Kier molecular flexibility index (Phi) is 3.96. The van der Waals surface area contributed by atoms with Crippen LogP contribution in [0.3, 0.4) is 0 Å². The van der Waals surface area contributed by atoms with Gasteiger partial charge in [0.25, 0.3) is 0 Å². The smallest absolute Gasteiger partial charge is 0.338 e. The van der Waals surface area contributed by atoms with Crippen molar-refractivity contribution in [1.82, 2.24) is 0 Å². The summed E-state index contributed by atoms with van der Waals surface area (Å²) in [4.78, 5) is 11.4. The minimum absolute atomic E-state index is 0.336. The molecular weight excluding hydrogens is 262 g/mol. The molecule has 0 saturated carbocycles. The molecule has 0 bridgehead atoms. The number of halogens is 1. The summed E-state index contributed by atoms with van der Waals surface area (Å²) < 4.78 is 10.5. The third kappa shape index (κ3) is 2.62. The van der Waals surface area contributed by atoms with Gasteiger partial charge in [-0.05, 0) is 35.0 Å². The third-order valence-electron chi connectivity index (χ3n) is 1.79. The molecule has 0 amide bonds. The number of carbonyl (C=O) groups is 1. The summed E-state index contributed by atoms with van der Waals surface area (Å²) in [6.45, 7) is 2.09. The lowest BCUT2D eigenvalue weighted by Gasteiger charge is -2.09. The molecule has 0 spiro atoms. The van der Waals surface area contributed by atoms with Crippen molar-refractivity contribution in [2.75, 3.05) is 19.5 Å². The second-order valence-corrected chi connectivity index (χ2v) is 3.66. The summed E-state index contributed by atoms with van der Waals surface area (Å²) in [6, 6.07) is 3.15. The Labute approximate surface area is 96.5 Å². The van der Waals surface area contributed by atoms with Crippen LogP contribution in [0.1, 0.15) is 17.3 Å². The molecule has 1 aromatic carbocycles. The molecule has 4 nitrogen and oxygen atoms in total. The summed E-state index contributed by atoms with van der Waals surface area (Å²) in [5.74, 6) is 0.121. The average molecular weight is 274 g/mol. The zero-order valence-corrected chi connectivity index (χ0v) is 10.1. The van der Waals surface area contributed by atoms with Gasteiger partial charge in [-0.25, -0.2) is 4.79 Å². The fourth-order valence-electron chi connectivity index (χ4n) is 1.16. The standard InChI is InChI=1S/C10H12BrNO3/c1-3-15-10(13)6-4-7(11)9(14-2)8(12)5-6/h4-5H,3,12H2,1-2H3. The van der Waals surface area contributed by atoms with Crippen LogP contribution in [-0.2, 0) is 4.74 Å². The molecule has 1 aromatic rings. The zero-order chi connectivity index (χ0) is 11.4. The Morgan fingerprint density at radius 1 is 1.53 bits per heavy atom. The fourth-order valence-corrected chi connectivity index (χ4v) is 1.80. The van der Waals surface area contributed by atoms with Crippen molar-refractivity contribution in [1.29, 1.82) is 0 Å². The van der Waals surface area contributed by atoms with Gasteiger partial charge in [0, 0.05) is 0 Å². The van der Waals surface area contributed by atoms with Crippen LogP contribution in [0.15, 0.2) is 16.6 Å². The van der Waals surface area contributed by atoms with Crippen LogP contribution in [0, 0.1) is 0 Å². The highest BCUT2D eigenvalue weighted by Crippen LogP contribution is 2.32. The van der Waals surface area contributed by atoms with E-state index in [1.807, 2.05) is 0 Å². The molecule has 5 heteroatoms. The van der Waals surface area contributed by atoms with Gasteiger partial charge in [-0.1, -0.05) is 0 Å². The number of anilines is 1. The SMILES string of the molecule is CCOC(=O)c1cc(N)c(OC)c(Br)c1. The first-order valence-corrected chi connectivity index (χ1v) is 5.19. The molecular formula is C10H12BrNO3. The number of carbonyl (C=O) groups excluding carboxylic acids is 1. The van der Waals surface area contributed by atoms with Crippen molar-refractivity contribution in [3.63, 3.8) is 0 Å². The number of ether oxygens (including phenoxy) is 2. The van der Waals surface area contributed by atoms with E-state index < -0.39 is 5.97 Å². The van der Waals surface area contributed by atoms with E-state index in [2.05, 4.69) is 15.9 Å². The molecule has 0 aliphatic heterocycles. The molecule has 0 heterocycles. The van der Waals surface area contributed by atoms with Gasteiger partial charge in [0.2, 0.25) is 0 Å². The molecule has 0 atom stereocenters. The van der Waals surface area contributed by atoms with Gasteiger partial charge < -0.3 is 15.2 Å². The van der Waals surface area contributed by atoms with Crippen LogP contribution < -0.4 is 10.5 Å². The van der Waals surface area contributed by atoms with E-state index >= 15 is 0 Å². The lowest BCUT2D eigenvalue weighted by Crippen LogP contribution is -2.06. The van der Waals surface area contributed by atoms with E-state index in [9.17, 15) is 4.79 Å². The topological polar surface area (TPSA) is 61.5 Å². The molecule has 0 aromatic heterocycles. The van der Waals surface area contributed by atoms with Crippen LogP contribution in [-0.4, -0.2) is 19.7 Å². The Morgan fingerprint density at radius 2 is 2.20 bits per heavy atom. The minimum Gasteiger partial charge on any atom is -0.493 e. The number of rotatable bonds is 3. The number of nitrogen functional groups attached to an aromatic ring is 1. The lowest BCUT2D eigenvalue weighted by atomic mass is 10.2. The van der Waals surface area contributed by atoms with Crippen LogP contribution >= 0.6 is 15.9 Å². The maximum Gasteiger partial charge on any atom is 0.338 e. The second-order valence-electron chi connectivity index (χ2n) is 2.80. The molecule has 0 fully saturated rings. The van der Waals surface area contributed by atoms with Gasteiger partial charge in [-0.15, -0.1) is 0 Å². The summed E-state index contributed by atoms with van der Waals surface area (Å²) in [5.41, 5.74) is 6.51. The molecule has 2 N–H and O–H groups in total. The van der Waals surface area contributed by atoms with Gasteiger partial charge in [-0.3, -0.25) is 0 Å². The van der Waals surface area contributed by atoms with E-state index in [1.165, 1.54) is 13.2 Å². The van der Waals surface area contributed by atoms with E-state index in [-0.39, 0.29) is 0 Å². The molecule has 82 valence electrons. The van der Waals surface area contributed by atoms with Crippen LogP contribution in [0.4, 0.5) is 5.69 Å². The lowest BCUT2D eigenvalue weighted by molar-refractivity contribution is 0.0526. The zero-order valence-electron chi connectivity index (χ0n) is 8.54. The highest BCUT2D eigenvalue weighted by atomic mass is 79.9. The second kappa shape index (κ2) is 5.02. The van der Waals surface area contributed by atoms with Gasteiger partial charge in [-0.2, -0.15) is 0 Å². The minimum atomic E-state index is -0.396. The van der Waals surface area contributed by atoms with E-state index in [4.69, 9.17) is 15.2 Å². The average Bonchev–Trinajstić information content (AvgIpc) is 2.17. The molecule has 0 unspecified atom stereocenters. The number of esters is 1. The van der Waals surface area contributed by atoms with Crippen LogP contribution in [0.5, 0.6) is 5.75 Å². The van der Waals surface area contributed by atoms with Crippen molar-refractivity contribution < 1.29 is 14.3 Å². The summed E-state index contributed by atoms with van der Waals surface area (Å²) >= 11 is 3.26. The normalized spacial score (nSPS) is 9.80. The van der Waals surface area contributed by atoms with Crippen molar-refractivity contribution in [3.8, 4) is 5.75 Å². The predicted molar refractivity (Wildman–Crippen MR) is 61.1 cm³/mol. The Bertz CT molecular complexity index is 356. The van der Waals surface area contributed by atoms with E-state index in [1.54, 1.807) is 13.0 Å². The van der Waals surface area contributed by atoms with Crippen molar-refractivity contribution in [3.05, 3.63) is 22.2 Å². The highest BCUT2D eigenvalue weighted by Gasteiger charge is 2.12. The van der Waals surface area contributed by atoms with E-state index in [0.717, 1.165) is 0 Å². The van der Waals surface area contributed by atoms with Gasteiger partial charge in [0.15, 0.2) is 5.75 Å². The largest absolute Gasteiger partial charge is 0.493 e. The molecule has 0 saturated heterocycles. The number of benzene rings is 1. The predicted octanol–water partition coefficient (Wildman–Crippen LogP) is 2.22. The molecule has 1 rings (SSSR count). The Hall–Kier alpha value is -1.23. The summed E-state index contributed by atoms with van der Waals surface area (Å²) in [7, 11) is 1.51. The fraction of sp³-hybridized carbons (Fsp3) is 0.300. The van der Waals surface area contributed by atoms with Crippen LogP contribution in [0.25, 0.3) is 0 Å². The Morgan fingerprint density at radius 3 is 2.67 bits per heavy atom. The highest BCUT2D eigenvalue weighted by molar-refractivity contribution is 9.10. The maximum absolute atomic E-state index is 11.4. The van der Waals surface area contributed by atoms with Crippen molar-refractivity contribution in [2.45, 2.75) is 6.92 Å². The van der Waals surface area contributed by atoms with E-state index in [0.29, 0.717) is 28.1 Å². The van der Waals surface area contributed by atoms with Crippen LogP contribution in [0.2, 0.25) is 0 Å².